The molecule has 0 radical (unpaired) electrons. The fraction of sp³-hybridized carbons (Fsp3) is 0.125. The summed E-state index contributed by atoms with van der Waals surface area (Å²) in [4.78, 5) is 31.1. The Labute approximate surface area is 135 Å². The number of nitrogens with two attached hydrogens (primary N) is 1. The molecule has 7 nitrogen and oxygen atoms in total. The largest absolute Gasteiger partial charge is 0.459 e. The fourth-order valence-electron chi connectivity index (χ4n) is 2.34. The molecule has 0 aliphatic carbocycles. The van der Waals surface area contributed by atoms with Crippen molar-refractivity contribution >= 4 is 22.8 Å². The first-order valence-electron chi connectivity index (χ1n) is 7.04. The zero-order chi connectivity index (χ0) is 17.3. The summed E-state index contributed by atoms with van der Waals surface area (Å²) in [5.74, 6) is -1.34. The molecule has 1 aromatic carbocycles. The van der Waals surface area contributed by atoms with E-state index < -0.39 is 11.8 Å². The molecule has 3 N–H and O–H groups in total. The molecule has 3 aromatic rings. The Bertz CT molecular complexity index is 952. The Morgan fingerprint density at radius 3 is 2.67 bits per heavy atom. The number of fused-ring (bicyclic) bond motifs is 1. The van der Waals surface area contributed by atoms with Gasteiger partial charge < -0.3 is 15.5 Å². The standard InChI is InChI=1S/C16H13FN4O3/c1-8-10-6-9(17)2-3-11(10)24-12(8)7-21-16(23)14-13(15(18)22)19-4-5-20-14/h2-6H,7H2,1H3,(H2,18,22)(H,21,23). The molecule has 24 heavy (non-hydrogen) atoms. The summed E-state index contributed by atoms with van der Waals surface area (Å²) < 4.78 is 18.9. The van der Waals surface area contributed by atoms with Crippen LogP contribution in [0.5, 0.6) is 0 Å². The van der Waals surface area contributed by atoms with Crippen molar-refractivity contribution < 1.29 is 18.4 Å². The van der Waals surface area contributed by atoms with Gasteiger partial charge in [-0.2, -0.15) is 0 Å². The van der Waals surface area contributed by atoms with Gasteiger partial charge in [-0.25, -0.2) is 14.4 Å². The van der Waals surface area contributed by atoms with Crippen molar-refractivity contribution in [3.63, 3.8) is 0 Å². The molecule has 0 saturated carbocycles. The van der Waals surface area contributed by atoms with Crippen LogP contribution in [0, 0.1) is 12.7 Å². The average molecular weight is 328 g/mol. The van der Waals surface area contributed by atoms with Crippen molar-refractivity contribution in [2.45, 2.75) is 13.5 Å². The molecule has 0 fully saturated rings. The molecule has 0 atom stereocenters. The van der Waals surface area contributed by atoms with E-state index in [2.05, 4.69) is 15.3 Å². The van der Waals surface area contributed by atoms with Crippen molar-refractivity contribution in [3.05, 3.63) is 59.1 Å². The third-order valence-corrected chi connectivity index (χ3v) is 3.55. The van der Waals surface area contributed by atoms with E-state index in [9.17, 15) is 14.0 Å². The number of hydrogen-bond acceptors (Lipinski definition) is 5. The summed E-state index contributed by atoms with van der Waals surface area (Å²) in [5, 5.41) is 3.23. The van der Waals surface area contributed by atoms with Crippen LogP contribution in [-0.4, -0.2) is 21.8 Å². The smallest absolute Gasteiger partial charge is 0.272 e. The molecule has 0 unspecified atom stereocenters. The molecule has 8 heteroatoms. The van der Waals surface area contributed by atoms with Crippen LogP contribution >= 0.6 is 0 Å². The van der Waals surface area contributed by atoms with E-state index in [-0.39, 0.29) is 23.7 Å². The van der Waals surface area contributed by atoms with Crippen molar-refractivity contribution in [1.82, 2.24) is 15.3 Å². The van der Waals surface area contributed by atoms with Crippen LogP contribution in [0.4, 0.5) is 4.39 Å². The van der Waals surface area contributed by atoms with Gasteiger partial charge in [0.25, 0.3) is 11.8 Å². The third kappa shape index (κ3) is 2.81. The maximum Gasteiger partial charge on any atom is 0.272 e. The van der Waals surface area contributed by atoms with Gasteiger partial charge in [0, 0.05) is 23.3 Å². The molecule has 3 rings (SSSR count). The van der Waals surface area contributed by atoms with Crippen LogP contribution < -0.4 is 11.1 Å². The Morgan fingerprint density at radius 1 is 1.25 bits per heavy atom. The number of aryl methyl sites for hydroxylation is 1. The highest BCUT2D eigenvalue weighted by atomic mass is 19.1. The van der Waals surface area contributed by atoms with Crippen LogP contribution in [0.2, 0.25) is 0 Å². The molecular formula is C16H13FN4O3. The number of benzene rings is 1. The predicted octanol–water partition coefficient (Wildman–Crippen LogP) is 1.70. The second kappa shape index (κ2) is 6.07. The summed E-state index contributed by atoms with van der Waals surface area (Å²) in [6.07, 6.45) is 2.56. The summed E-state index contributed by atoms with van der Waals surface area (Å²) in [6, 6.07) is 4.19. The lowest BCUT2D eigenvalue weighted by Crippen LogP contribution is -2.28. The SMILES string of the molecule is Cc1c(CNC(=O)c2nccnc2C(N)=O)oc2ccc(F)cc12. The Morgan fingerprint density at radius 2 is 1.96 bits per heavy atom. The van der Waals surface area contributed by atoms with E-state index in [1.54, 1.807) is 6.92 Å². The highest BCUT2D eigenvalue weighted by Crippen LogP contribution is 2.25. The molecule has 0 spiro atoms. The monoisotopic (exact) mass is 328 g/mol. The minimum atomic E-state index is -0.844. The normalized spacial score (nSPS) is 10.8. The molecule has 2 amide bonds. The number of amides is 2. The average Bonchev–Trinajstić information content (AvgIpc) is 2.88. The summed E-state index contributed by atoms with van der Waals surface area (Å²) in [6.45, 7) is 1.82. The number of halogens is 1. The minimum absolute atomic E-state index is 0.0513. The Kier molecular flexibility index (Phi) is 3.95. The minimum Gasteiger partial charge on any atom is -0.459 e. The first-order valence-corrected chi connectivity index (χ1v) is 7.04. The van der Waals surface area contributed by atoms with Gasteiger partial charge in [-0.15, -0.1) is 0 Å². The first-order chi connectivity index (χ1) is 11.5. The highest BCUT2D eigenvalue weighted by Gasteiger charge is 2.19. The van der Waals surface area contributed by atoms with E-state index >= 15 is 0 Å². The lowest BCUT2D eigenvalue weighted by molar-refractivity contribution is 0.0924. The van der Waals surface area contributed by atoms with Crippen molar-refractivity contribution in [1.29, 1.82) is 0 Å². The fourth-order valence-corrected chi connectivity index (χ4v) is 2.34. The second-order valence-corrected chi connectivity index (χ2v) is 5.09. The van der Waals surface area contributed by atoms with Crippen molar-refractivity contribution in [2.75, 3.05) is 0 Å². The van der Waals surface area contributed by atoms with Gasteiger partial charge in [0.15, 0.2) is 11.4 Å². The van der Waals surface area contributed by atoms with Gasteiger partial charge in [-0.1, -0.05) is 0 Å². The maximum absolute atomic E-state index is 13.3. The lowest BCUT2D eigenvalue weighted by atomic mass is 10.1. The van der Waals surface area contributed by atoms with E-state index in [0.717, 1.165) is 5.56 Å². The lowest BCUT2D eigenvalue weighted by Gasteiger charge is -2.05. The first kappa shape index (κ1) is 15.6. The zero-order valence-electron chi connectivity index (χ0n) is 12.7. The molecule has 2 heterocycles. The number of furan rings is 1. The van der Waals surface area contributed by atoms with Gasteiger partial charge in [0.2, 0.25) is 0 Å². The van der Waals surface area contributed by atoms with Crippen LogP contribution in [-0.2, 0) is 6.54 Å². The highest BCUT2D eigenvalue weighted by molar-refractivity contribution is 6.03. The molecule has 2 aromatic heterocycles. The predicted molar refractivity (Wildman–Crippen MR) is 82.6 cm³/mol. The zero-order valence-corrected chi connectivity index (χ0v) is 12.7. The number of hydrogen-bond donors (Lipinski definition) is 2. The van der Waals surface area contributed by atoms with E-state index in [1.165, 1.54) is 30.6 Å². The van der Waals surface area contributed by atoms with Gasteiger partial charge in [-0.05, 0) is 25.1 Å². The number of nitrogens with one attached hydrogen (secondary N) is 1. The molecule has 0 bridgehead atoms. The summed E-state index contributed by atoms with van der Waals surface area (Å²) in [5.41, 5.74) is 6.05. The van der Waals surface area contributed by atoms with Crippen LogP contribution in [0.25, 0.3) is 11.0 Å². The number of nitrogens with zero attached hydrogens (tertiary/aromatic N) is 2. The van der Waals surface area contributed by atoms with E-state index in [1.807, 2.05) is 0 Å². The van der Waals surface area contributed by atoms with Crippen LogP contribution in [0.1, 0.15) is 32.3 Å². The molecular weight excluding hydrogens is 315 g/mol. The number of carbonyl (C=O) groups excluding carboxylic acids is 2. The molecule has 0 aliphatic heterocycles. The summed E-state index contributed by atoms with van der Waals surface area (Å²) >= 11 is 0. The van der Waals surface area contributed by atoms with Gasteiger partial charge >= 0.3 is 0 Å². The number of rotatable bonds is 4. The Balaban J connectivity index is 1.83. The third-order valence-electron chi connectivity index (χ3n) is 3.55. The van der Waals surface area contributed by atoms with E-state index in [4.69, 9.17) is 10.2 Å². The van der Waals surface area contributed by atoms with Gasteiger partial charge in [0.05, 0.1) is 6.54 Å². The summed E-state index contributed by atoms with van der Waals surface area (Å²) in [7, 11) is 0. The quantitative estimate of drug-likeness (QED) is 0.757. The molecule has 122 valence electrons. The molecule has 0 aliphatic rings. The van der Waals surface area contributed by atoms with Gasteiger partial charge in [0.1, 0.15) is 17.2 Å². The second-order valence-electron chi connectivity index (χ2n) is 5.09. The Hall–Kier alpha value is -3.29. The molecule has 0 saturated heterocycles. The maximum atomic E-state index is 13.3. The van der Waals surface area contributed by atoms with Crippen LogP contribution in [0.15, 0.2) is 35.0 Å². The van der Waals surface area contributed by atoms with Crippen molar-refractivity contribution in [2.24, 2.45) is 5.73 Å². The van der Waals surface area contributed by atoms with Crippen LogP contribution in [0.3, 0.4) is 0 Å². The van der Waals surface area contributed by atoms with Gasteiger partial charge in [-0.3, -0.25) is 9.59 Å². The van der Waals surface area contributed by atoms with Crippen molar-refractivity contribution in [3.8, 4) is 0 Å². The number of primary amides is 1. The topological polar surface area (TPSA) is 111 Å². The number of carbonyl (C=O) groups is 2. The van der Waals surface area contributed by atoms with E-state index in [0.29, 0.717) is 16.7 Å². The number of aromatic nitrogens is 2.